The summed E-state index contributed by atoms with van der Waals surface area (Å²) >= 11 is 0. The van der Waals surface area contributed by atoms with Crippen LogP contribution in [-0.4, -0.2) is 11.2 Å². The van der Waals surface area contributed by atoms with E-state index >= 15 is 0 Å². The highest BCUT2D eigenvalue weighted by atomic mass is 16.3. The summed E-state index contributed by atoms with van der Waals surface area (Å²) in [6, 6.07) is 0. The highest BCUT2D eigenvalue weighted by molar-refractivity contribution is 5.05. The van der Waals surface area contributed by atoms with Crippen LogP contribution in [0.5, 0.6) is 0 Å². The van der Waals surface area contributed by atoms with E-state index < -0.39 is 0 Å². The van der Waals surface area contributed by atoms with Crippen molar-refractivity contribution in [1.82, 2.24) is 0 Å². The molecular weight excluding hydrogens is 196 g/mol. The summed E-state index contributed by atoms with van der Waals surface area (Å²) in [5.41, 5.74) is 2.66. The molecule has 1 heteroatoms. The molecule has 0 aromatic heterocycles. The second-order valence-corrected chi connectivity index (χ2v) is 5.56. The minimum atomic E-state index is -0.196. The van der Waals surface area contributed by atoms with Gasteiger partial charge in [-0.15, -0.1) is 0 Å². The number of aliphatic hydroxyl groups is 1. The van der Waals surface area contributed by atoms with Crippen molar-refractivity contribution >= 4 is 0 Å². The van der Waals surface area contributed by atoms with Gasteiger partial charge in [-0.3, -0.25) is 0 Å². The van der Waals surface area contributed by atoms with Gasteiger partial charge in [0, 0.05) is 0 Å². The van der Waals surface area contributed by atoms with E-state index in [9.17, 15) is 5.11 Å². The van der Waals surface area contributed by atoms with Gasteiger partial charge in [0.15, 0.2) is 0 Å². The van der Waals surface area contributed by atoms with Gasteiger partial charge in [0.2, 0.25) is 0 Å². The average molecular weight is 222 g/mol. The van der Waals surface area contributed by atoms with Gasteiger partial charge >= 0.3 is 0 Å². The molecule has 0 amide bonds. The smallest absolute Gasteiger partial charge is 0.0607 e. The maximum absolute atomic E-state index is 10.2. The molecule has 0 radical (unpaired) electrons. The van der Waals surface area contributed by atoms with Gasteiger partial charge in [0.25, 0.3) is 0 Å². The van der Waals surface area contributed by atoms with E-state index in [0.717, 1.165) is 32.1 Å². The van der Waals surface area contributed by atoms with E-state index in [1.165, 1.54) is 11.1 Å². The molecule has 0 aromatic carbocycles. The highest BCUT2D eigenvalue weighted by Crippen LogP contribution is 2.28. The first-order valence-electron chi connectivity index (χ1n) is 6.51. The molecule has 2 unspecified atom stereocenters. The minimum absolute atomic E-state index is 0.196. The van der Waals surface area contributed by atoms with Crippen LogP contribution in [0.3, 0.4) is 0 Å². The lowest BCUT2D eigenvalue weighted by Gasteiger charge is -2.28. The maximum Gasteiger partial charge on any atom is 0.0607 e. The molecule has 1 aliphatic carbocycles. The summed E-state index contributed by atoms with van der Waals surface area (Å²) in [7, 11) is 0. The molecule has 0 fully saturated rings. The van der Waals surface area contributed by atoms with E-state index in [1.54, 1.807) is 0 Å². The number of allylic oxidation sites excluding steroid dienone is 2. The Hall–Kier alpha value is -0.560. The van der Waals surface area contributed by atoms with Gasteiger partial charge < -0.3 is 5.11 Å². The van der Waals surface area contributed by atoms with Crippen molar-refractivity contribution in [2.45, 2.75) is 59.0 Å². The number of rotatable bonds is 1. The van der Waals surface area contributed by atoms with Gasteiger partial charge in [-0.2, -0.15) is 0 Å². The zero-order valence-electron chi connectivity index (χ0n) is 11.0. The van der Waals surface area contributed by atoms with Crippen LogP contribution in [0.25, 0.3) is 0 Å². The summed E-state index contributed by atoms with van der Waals surface area (Å²) in [6.45, 7) is 10.7. The van der Waals surface area contributed by atoms with Crippen molar-refractivity contribution in [2.75, 3.05) is 0 Å². The Morgan fingerprint density at radius 3 is 2.69 bits per heavy atom. The summed E-state index contributed by atoms with van der Waals surface area (Å²) < 4.78 is 0. The van der Waals surface area contributed by atoms with Crippen molar-refractivity contribution in [3.05, 3.63) is 23.8 Å². The molecule has 1 aliphatic rings. The molecule has 0 heterocycles. The Labute approximate surface area is 100 Å². The van der Waals surface area contributed by atoms with Crippen LogP contribution in [0.1, 0.15) is 52.9 Å². The molecule has 0 saturated heterocycles. The highest BCUT2D eigenvalue weighted by Gasteiger charge is 2.23. The van der Waals surface area contributed by atoms with Crippen molar-refractivity contribution in [3.63, 3.8) is 0 Å². The first-order valence-corrected chi connectivity index (χ1v) is 6.51. The third kappa shape index (κ3) is 4.13. The molecule has 2 atom stereocenters. The Morgan fingerprint density at radius 2 is 2.06 bits per heavy atom. The van der Waals surface area contributed by atoms with Crippen LogP contribution in [0.15, 0.2) is 23.8 Å². The molecule has 0 bridgehead atoms. The van der Waals surface area contributed by atoms with Gasteiger partial charge in [-0.05, 0) is 50.9 Å². The van der Waals surface area contributed by atoms with Crippen LogP contribution >= 0.6 is 0 Å². The van der Waals surface area contributed by atoms with Crippen molar-refractivity contribution in [1.29, 1.82) is 0 Å². The largest absolute Gasteiger partial charge is 0.392 e. The van der Waals surface area contributed by atoms with E-state index in [1.807, 2.05) is 0 Å². The maximum atomic E-state index is 10.2. The van der Waals surface area contributed by atoms with Crippen LogP contribution in [-0.2, 0) is 0 Å². The molecule has 0 saturated carbocycles. The fourth-order valence-corrected chi connectivity index (χ4v) is 2.54. The van der Waals surface area contributed by atoms with Gasteiger partial charge in [0.05, 0.1) is 6.10 Å². The van der Waals surface area contributed by atoms with Crippen LogP contribution in [0.2, 0.25) is 0 Å². The Balaban J connectivity index is 2.74. The fourth-order valence-electron chi connectivity index (χ4n) is 2.54. The normalized spacial score (nSPS) is 29.1. The minimum Gasteiger partial charge on any atom is -0.392 e. The lowest BCUT2D eigenvalue weighted by Crippen LogP contribution is -2.26. The van der Waals surface area contributed by atoms with Gasteiger partial charge in [-0.1, -0.05) is 37.6 Å². The van der Waals surface area contributed by atoms with Crippen molar-refractivity contribution < 1.29 is 5.11 Å². The van der Waals surface area contributed by atoms with Crippen molar-refractivity contribution in [2.24, 2.45) is 11.8 Å². The van der Waals surface area contributed by atoms with Crippen LogP contribution in [0.4, 0.5) is 0 Å². The zero-order valence-corrected chi connectivity index (χ0v) is 11.0. The van der Waals surface area contributed by atoms with E-state index in [4.69, 9.17) is 0 Å². The molecule has 0 aromatic rings. The number of hydrogen-bond acceptors (Lipinski definition) is 1. The Kier molecular flexibility index (Phi) is 5.27. The second kappa shape index (κ2) is 6.24. The SMILES string of the molecule is C=C1CCC=C(C)CCC(C(C)C)C(O)C1. The van der Waals surface area contributed by atoms with Crippen LogP contribution < -0.4 is 0 Å². The molecular formula is C15H26O. The third-order valence-electron chi connectivity index (χ3n) is 3.71. The standard InChI is InChI=1S/C15H26O/c1-11(2)14-9-8-12(3)6-5-7-13(4)10-15(14)16/h6,11,14-16H,4-5,7-10H2,1-3H3. The third-order valence-corrected chi connectivity index (χ3v) is 3.71. The first-order chi connectivity index (χ1) is 7.50. The summed E-state index contributed by atoms with van der Waals surface area (Å²) in [4.78, 5) is 0. The number of aliphatic hydroxyl groups excluding tert-OH is 1. The van der Waals surface area contributed by atoms with Crippen molar-refractivity contribution in [3.8, 4) is 0 Å². The predicted octanol–water partition coefficient (Wildman–Crippen LogP) is 4.09. The molecule has 16 heavy (non-hydrogen) atoms. The lowest BCUT2D eigenvalue weighted by molar-refractivity contribution is 0.0755. The van der Waals surface area contributed by atoms with Gasteiger partial charge in [0.1, 0.15) is 0 Å². The summed E-state index contributed by atoms with van der Waals surface area (Å²) in [6.07, 6.45) is 7.28. The van der Waals surface area contributed by atoms with E-state index in [-0.39, 0.29) is 6.10 Å². The lowest BCUT2D eigenvalue weighted by atomic mass is 9.81. The molecule has 1 nitrogen and oxygen atoms in total. The Bertz CT molecular complexity index is 263. The fraction of sp³-hybridized carbons (Fsp3) is 0.733. The quantitative estimate of drug-likeness (QED) is 0.663. The Morgan fingerprint density at radius 1 is 1.38 bits per heavy atom. The molecule has 92 valence electrons. The predicted molar refractivity (Wildman–Crippen MR) is 70.3 cm³/mol. The summed E-state index contributed by atoms with van der Waals surface area (Å²) in [5.74, 6) is 0.966. The van der Waals surface area contributed by atoms with Gasteiger partial charge in [-0.25, -0.2) is 0 Å². The topological polar surface area (TPSA) is 20.2 Å². The van der Waals surface area contributed by atoms with Crippen LogP contribution in [0, 0.1) is 11.8 Å². The number of hydrogen-bond donors (Lipinski definition) is 1. The van der Waals surface area contributed by atoms with E-state index in [0.29, 0.717) is 11.8 Å². The molecule has 0 aliphatic heterocycles. The molecule has 1 rings (SSSR count). The monoisotopic (exact) mass is 222 g/mol. The van der Waals surface area contributed by atoms with E-state index in [2.05, 4.69) is 33.4 Å². The average Bonchev–Trinajstić information content (AvgIpc) is 2.16. The first kappa shape index (κ1) is 13.5. The molecule has 1 N–H and O–H groups in total. The summed E-state index contributed by atoms with van der Waals surface area (Å²) in [5, 5.41) is 10.2. The molecule has 0 spiro atoms. The zero-order chi connectivity index (χ0) is 12.1. The second-order valence-electron chi connectivity index (χ2n) is 5.56.